The van der Waals surface area contributed by atoms with Gasteiger partial charge in [-0.15, -0.1) is 0 Å². The largest absolute Gasteiger partial charge is 0.494 e. The zero-order chi connectivity index (χ0) is 13.6. The third-order valence-electron chi connectivity index (χ3n) is 2.27. The highest BCUT2D eigenvalue weighted by Crippen LogP contribution is 2.29. The minimum Gasteiger partial charge on any atom is -0.494 e. The summed E-state index contributed by atoms with van der Waals surface area (Å²) in [5, 5.41) is 12.9. The maximum Gasteiger partial charge on any atom is 0.142 e. The first-order valence-electron chi connectivity index (χ1n) is 6.32. The predicted octanol–water partition coefficient (Wildman–Crippen LogP) is 2.67. The Balaban J connectivity index is 2.85. The van der Waals surface area contributed by atoms with E-state index in [1.807, 2.05) is 32.0 Å². The summed E-state index contributed by atoms with van der Waals surface area (Å²) in [6.45, 7) is 9.07. The molecule has 0 saturated heterocycles. The van der Waals surface area contributed by atoms with E-state index in [2.05, 4.69) is 5.32 Å². The molecule has 0 spiro atoms. The molecule has 0 aliphatic carbocycles. The average molecular weight is 253 g/mol. The summed E-state index contributed by atoms with van der Waals surface area (Å²) in [4.78, 5) is 0. The second kappa shape index (κ2) is 6.50. The van der Waals surface area contributed by atoms with Crippen molar-refractivity contribution in [1.82, 2.24) is 0 Å². The van der Waals surface area contributed by atoms with Crippen molar-refractivity contribution in [2.24, 2.45) is 0 Å². The topological polar surface area (TPSA) is 50.7 Å². The summed E-state index contributed by atoms with van der Waals surface area (Å²) in [7, 11) is 0. The fourth-order valence-corrected chi connectivity index (χ4v) is 1.50. The van der Waals surface area contributed by atoms with E-state index in [0.29, 0.717) is 19.8 Å². The van der Waals surface area contributed by atoms with Crippen LogP contribution in [0.4, 0.5) is 5.69 Å². The normalized spacial score (nSPS) is 11.2. The molecule has 0 aliphatic rings. The molecule has 0 fully saturated rings. The Labute approximate surface area is 109 Å². The molecule has 1 rings (SSSR count). The first-order valence-corrected chi connectivity index (χ1v) is 6.32. The van der Waals surface area contributed by atoms with Gasteiger partial charge in [-0.05, 0) is 39.8 Å². The smallest absolute Gasteiger partial charge is 0.142 e. The Morgan fingerprint density at radius 3 is 2.39 bits per heavy atom. The van der Waals surface area contributed by atoms with Crippen LogP contribution in [-0.2, 0) is 0 Å². The van der Waals surface area contributed by atoms with Gasteiger partial charge in [0, 0.05) is 12.6 Å². The number of aliphatic hydroxyl groups is 1. The van der Waals surface area contributed by atoms with Gasteiger partial charge in [0.25, 0.3) is 0 Å². The Morgan fingerprint density at radius 2 is 1.83 bits per heavy atom. The quantitative estimate of drug-likeness (QED) is 0.784. The lowest BCUT2D eigenvalue weighted by Gasteiger charge is -2.20. The SMILES string of the molecule is CCOc1ccc(OCC)c(NCC(C)(C)O)c1. The number of hydrogen-bond donors (Lipinski definition) is 2. The van der Waals surface area contributed by atoms with Gasteiger partial charge in [0.15, 0.2) is 0 Å². The van der Waals surface area contributed by atoms with Crippen molar-refractivity contribution in [2.75, 3.05) is 25.1 Å². The van der Waals surface area contributed by atoms with Crippen molar-refractivity contribution in [3.05, 3.63) is 18.2 Å². The number of nitrogens with one attached hydrogen (secondary N) is 1. The fourth-order valence-electron chi connectivity index (χ4n) is 1.50. The third-order valence-corrected chi connectivity index (χ3v) is 2.27. The molecule has 0 aliphatic heterocycles. The van der Waals surface area contributed by atoms with Gasteiger partial charge in [-0.25, -0.2) is 0 Å². The molecule has 0 bridgehead atoms. The van der Waals surface area contributed by atoms with E-state index in [9.17, 15) is 5.11 Å². The van der Waals surface area contributed by atoms with Gasteiger partial charge >= 0.3 is 0 Å². The van der Waals surface area contributed by atoms with Gasteiger partial charge in [-0.1, -0.05) is 0 Å². The van der Waals surface area contributed by atoms with Crippen LogP contribution < -0.4 is 14.8 Å². The molecule has 4 nitrogen and oxygen atoms in total. The van der Waals surface area contributed by atoms with Crippen LogP contribution in [0, 0.1) is 0 Å². The van der Waals surface area contributed by atoms with Crippen molar-refractivity contribution in [3.63, 3.8) is 0 Å². The zero-order valence-electron chi connectivity index (χ0n) is 11.6. The monoisotopic (exact) mass is 253 g/mol. The summed E-state index contributed by atoms with van der Waals surface area (Å²) in [6, 6.07) is 5.64. The molecular formula is C14H23NO3. The molecule has 0 amide bonds. The Morgan fingerprint density at radius 1 is 1.17 bits per heavy atom. The van der Waals surface area contributed by atoms with Crippen molar-refractivity contribution in [3.8, 4) is 11.5 Å². The molecule has 18 heavy (non-hydrogen) atoms. The maximum absolute atomic E-state index is 9.74. The van der Waals surface area contributed by atoms with E-state index in [1.165, 1.54) is 0 Å². The molecule has 2 N–H and O–H groups in total. The van der Waals surface area contributed by atoms with Crippen LogP contribution in [0.5, 0.6) is 11.5 Å². The van der Waals surface area contributed by atoms with E-state index in [1.54, 1.807) is 13.8 Å². The van der Waals surface area contributed by atoms with Crippen molar-refractivity contribution < 1.29 is 14.6 Å². The van der Waals surface area contributed by atoms with Crippen LogP contribution in [0.2, 0.25) is 0 Å². The lowest BCUT2D eigenvalue weighted by atomic mass is 10.1. The summed E-state index contributed by atoms with van der Waals surface area (Å²) >= 11 is 0. The van der Waals surface area contributed by atoms with E-state index < -0.39 is 5.60 Å². The van der Waals surface area contributed by atoms with Gasteiger partial charge < -0.3 is 19.9 Å². The molecule has 4 heteroatoms. The first-order chi connectivity index (χ1) is 8.46. The molecule has 1 aromatic rings. The zero-order valence-corrected chi connectivity index (χ0v) is 11.6. The Hall–Kier alpha value is -1.42. The minimum absolute atomic E-state index is 0.447. The Kier molecular flexibility index (Phi) is 5.28. The lowest BCUT2D eigenvalue weighted by Crippen LogP contribution is -2.29. The second-order valence-electron chi connectivity index (χ2n) is 4.69. The van der Waals surface area contributed by atoms with Crippen molar-refractivity contribution in [2.45, 2.75) is 33.3 Å². The second-order valence-corrected chi connectivity index (χ2v) is 4.69. The first kappa shape index (κ1) is 14.6. The highest BCUT2D eigenvalue weighted by atomic mass is 16.5. The highest BCUT2D eigenvalue weighted by molar-refractivity contribution is 5.60. The third kappa shape index (κ3) is 4.84. The van der Waals surface area contributed by atoms with Crippen LogP contribution >= 0.6 is 0 Å². The molecule has 102 valence electrons. The van der Waals surface area contributed by atoms with E-state index in [4.69, 9.17) is 9.47 Å². The molecule has 0 atom stereocenters. The number of hydrogen-bond acceptors (Lipinski definition) is 4. The van der Waals surface area contributed by atoms with E-state index in [0.717, 1.165) is 17.2 Å². The fraction of sp³-hybridized carbons (Fsp3) is 0.571. The Bertz CT molecular complexity index is 372. The van der Waals surface area contributed by atoms with Gasteiger partial charge in [0.1, 0.15) is 11.5 Å². The minimum atomic E-state index is -0.773. The molecule has 0 aromatic heterocycles. The van der Waals surface area contributed by atoms with Gasteiger partial charge in [0.05, 0.1) is 24.5 Å². The summed E-state index contributed by atoms with van der Waals surface area (Å²) in [5.74, 6) is 1.56. The maximum atomic E-state index is 9.74. The summed E-state index contributed by atoms with van der Waals surface area (Å²) < 4.78 is 11.0. The summed E-state index contributed by atoms with van der Waals surface area (Å²) in [6.07, 6.45) is 0. The number of anilines is 1. The van der Waals surface area contributed by atoms with Gasteiger partial charge in [-0.3, -0.25) is 0 Å². The van der Waals surface area contributed by atoms with Gasteiger partial charge in [0.2, 0.25) is 0 Å². The molecule has 0 saturated carbocycles. The molecule has 0 heterocycles. The van der Waals surface area contributed by atoms with Crippen LogP contribution in [0.3, 0.4) is 0 Å². The number of benzene rings is 1. The molecule has 1 aromatic carbocycles. The van der Waals surface area contributed by atoms with Crippen LogP contribution in [0.25, 0.3) is 0 Å². The number of rotatable bonds is 7. The molecule has 0 unspecified atom stereocenters. The summed E-state index contributed by atoms with van der Waals surface area (Å²) in [5.41, 5.74) is 0.0652. The predicted molar refractivity (Wildman–Crippen MR) is 73.6 cm³/mol. The van der Waals surface area contributed by atoms with Crippen LogP contribution in [-0.4, -0.2) is 30.5 Å². The molecule has 0 radical (unpaired) electrons. The highest BCUT2D eigenvalue weighted by Gasteiger charge is 2.14. The van der Waals surface area contributed by atoms with Crippen LogP contribution in [0.1, 0.15) is 27.7 Å². The van der Waals surface area contributed by atoms with Crippen molar-refractivity contribution in [1.29, 1.82) is 0 Å². The van der Waals surface area contributed by atoms with Gasteiger partial charge in [-0.2, -0.15) is 0 Å². The average Bonchev–Trinajstić information content (AvgIpc) is 2.29. The van der Waals surface area contributed by atoms with E-state index in [-0.39, 0.29) is 0 Å². The van der Waals surface area contributed by atoms with E-state index >= 15 is 0 Å². The van der Waals surface area contributed by atoms with Crippen LogP contribution in [0.15, 0.2) is 18.2 Å². The lowest BCUT2D eigenvalue weighted by molar-refractivity contribution is 0.0944. The molecular weight excluding hydrogens is 230 g/mol. The number of ether oxygens (including phenoxy) is 2. The standard InChI is InChI=1S/C14H23NO3/c1-5-17-11-7-8-13(18-6-2)12(9-11)15-10-14(3,4)16/h7-9,15-16H,5-6,10H2,1-4H3. The van der Waals surface area contributed by atoms with Crippen molar-refractivity contribution >= 4 is 5.69 Å².